The highest BCUT2D eigenvalue weighted by Gasteiger charge is 2.03. The SMILES string of the molecule is C=C/C(C)=C(/C=Nc1ccc2c(c1)[nH]c1ccccc12)SC. The zero-order valence-electron chi connectivity index (χ0n) is 12.8. The van der Waals surface area contributed by atoms with Crippen molar-refractivity contribution in [2.75, 3.05) is 6.26 Å². The van der Waals surface area contributed by atoms with Crippen LogP contribution in [0, 0.1) is 0 Å². The van der Waals surface area contributed by atoms with E-state index in [9.17, 15) is 0 Å². The number of hydrogen-bond acceptors (Lipinski definition) is 2. The Morgan fingerprint density at radius 2 is 1.91 bits per heavy atom. The van der Waals surface area contributed by atoms with Gasteiger partial charge >= 0.3 is 0 Å². The fourth-order valence-corrected chi connectivity index (χ4v) is 3.04. The van der Waals surface area contributed by atoms with E-state index < -0.39 is 0 Å². The highest BCUT2D eigenvalue weighted by atomic mass is 32.2. The molecule has 1 N–H and O–H groups in total. The van der Waals surface area contributed by atoms with Crippen molar-refractivity contribution in [1.82, 2.24) is 4.98 Å². The van der Waals surface area contributed by atoms with Crippen molar-refractivity contribution in [2.45, 2.75) is 6.92 Å². The first-order valence-electron chi connectivity index (χ1n) is 7.15. The Bertz CT molecular complexity index is 900. The maximum absolute atomic E-state index is 4.60. The minimum atomic E-state index is 0.947. The van der Waals surface area contributed by atoms with Crippen LogP contribution in [-0.2, 0) is 0 Å². The number of rotatable bonds is 4. The molecule has 0 saturated heterocycles. The Hall–Kier alpha value is -2.26. The molecule has 110 valence electrons. The van der Waals surface area contributed by atoms with Gasteiger partial charge < -0.3 is 4.98 Å². The van der Waals surface area contributed by atoms with Crippen LogP contribution in [-0.4, -0.2) is 17.5 Å². The van der Waals surface area contributed by atoms with Crippen molar-refractivity contribution in [3.05, 3.63) is 65.6 Å². The molecule has 2 aromatic carbocycles. The molecule has 0 bridgehead atoms. The molecule has 22 heavy (non-hydrogen) atoms. The van der Waals surface area contributed by atoms with Gasteiger partial charge in [-0.15, -0.1) is 11.8 Å². The van der Waals surface area contributed by atoms with Gasteiger partial charge in [0.1, 0.15) is 0 Å². The lowest BCUT2D eigenvalue weighted by molar-refractivity contribution is 1.50. The van der Waals surface area contributed by atoms with Gasteiger partial charge in [0, 0.05) is 32.9 Å². The normalized spacial score (nSPS) is 13.0. The Morgan fingerprint density at radius 1 is 1.14 bits per heavy atom. The average molecular weight is 306 g/mol. The van der Waals surface area contributed by atoms with Gasteiger partial charge in [-0.05, 0) is 37.0 Å². The molecule has 0 atom stereocenters. The van der Waals surface area contributed by atoms with Crippen LogP contribution in [0.25, 0.3) is 21.8 Å². The summed E-state index contributed by atoms with van der Waals surface area (Å²) in [5.74, 6) is 0. The Morgan fingerprint density at radius 3 is 2.68 bits per heavy atom. The van der Waals surface area contributed by atoms with Crippen molar-refractivity contribution in [2.24, 2.45) is 4.99 Å². The highest BCUT2D eigenvalue weighted by molar-refractivity contribution is 8.03. The van der Waals surface area contributed by atoms with Gasteiger partial charge in [-0.25, -0.2) is 0 Å². The fourth-order valence-electron chi connectivity index (χ4n) is 2.47. The van der Waals surface area contributed by atoms with Gasteiger partial charge in [-0.2, -0.15) is 0 Å². The van der Waals surface area contributed by atoms with E-state index in [2.05, 4.69) is 59.2 Å². The second-order valence-electron chi connectivity index (χ2n) is 5.11. The number of nitrogens with one attached hydrogen (secondary N) is 1. The number of H-pyrrole nitrogens is 1. The van der Waals surface area contributed by atoms with E-state index in [1.165, 1.54) is 10.8 Å². The largest absolute Gasteiger partial charge is 0.354 e. The molecule has 1 aromatic heterocycles. The molecule has 0 amide bonds. The second kappa shape index (κ2) is 6.24. The van der Waals surface area contributed by atoms with E-state index in [0.29, 0.717) is 0 Å². The Balaban J connectivity index is 2.02. The average Bonchev–Trinajstić information content (AvgIpc) is 2.92. The van der Waals surface area contributed by atoms with Crippen LogP contribution in [0.3, 0.4) is 0 Å². The summed E-state index contributed by atoms with van der Waals surface area (Å²) < 4.78 is 0. The van der Waals surface area contributed by atoms with E-state index in [1.807, 2.05) is 25.3 Å². The third-order valence-electron chi connectivity index (χ3n) is 3.74. The van der Waals surface area contributed by atoms with Crippen LogP contribution in [0.15, 0.2) is 70.6 Å². The number of fused-ring (bicyclic) bond motifs is 3. The zero-order valence-corrected chi connectivity index (χ0v) is 13.6. The Labute approximate surface area is 134 Å². The van der Waals surface area contributed by atoms with Gasteiger partial charge in [0.15, 0.2) is 0 Å². The summed E-state index contributed by atoms with van der Waals surface area (Å²) in [7, 11) is 0. The van der Waals surface area contributed by atoms with E-state index >= 15 is 0 Å². The van der Waals surface area contributed by atoms with E-state index in [4.69, 9.17) is 0 Å². The molecule has 3 heteroatoms. The number of hydrogen-bond donors (Lipinski definition) is 1. The third-order valence-corrected chi connectivity index (χ3v) is 4.60. The topological polar surface area (TPSA) is 28.1 Å². The minimum absolute atomic E-state index is 0.947. The first-order valence-corrected chi connectivity index (χ1v) is 8.37. The number of aliphatic imine (C=N–C) groups is 1. The molecule has 0 aliphatic carbocycles. The molecule has 2 nitrogen and oxygen atoms in total. The first kappa shape index (κ1) is 14.7. The van der Waals surface area contributed by atoms with Crippen molar-refractivity contribution in [3.63, 3.8) is 0 Å². The number of benzene rings is 2. The summed E-state index contributed by atoms with van der Waals surface area (Å²) >= 11 is 1.68. The van der Waals surface area contributed by atoms with Crippen molar-refractivity contribution in [1.29, 1.82) is 0 Å². The molecule has 3 rings (SSSR count). The maximum atomic E-state index is 4.60. The standard InChI is InChI=1S/C19H18N2S/c1-4-13(2)19(22-3)12-20-14-9-10-16-15-7-5-6-8-17(15)21-18(16)11-14/h4-12,21H,1H2,2-3H3/b19-13-,20-12?. The molecule has 0 fully saturated rings. The van der Waals surface area contributed by atoms with Crippen LogP contribution in [0.2, 0.25) is 0 Å². The zero-order chi connectivity index (χ0) is 15.5. The summed E-state index contributed by atoms with van der Waals surface area (Å²) in [6.07, 6.45) is 5.82. The smallest absolute Gasteiger partial charge is 0.0651 e. The second-order valence-corrected chi connectivity index (χ2v) is 5.96. The van der Waals surface area contributed by atoms with Crippen molar-refractivity contribution in [3.8, 4) is 0 Å². The number of aromatic amines is 1. The fraction of sp³-hybridized carbons (Fsp3) is 0.105. The van der Waals surface area contributed by atoms with Crippen molar-refractivity contribution >= 4 is 45.5 Å². The van der Waals surface area contributed by atoms with E-state index in [1.54, 1.807) is 11.8 Å². The molecular formula is C19H18N2S. The van der Waals surface area contributed by atoms with Gasteiger partial charge in [0.05, 0.1) is 5.69 Å². The third kappa shape index (κ3) is 2.72. The molecule has 1 heterocycles. The van der Waals surface area contributed by atoms with E-state index in [-0.39, 0.29) is 0 Å². The first-order chi connectivity index (χ1) is 10.7. The van der Waals surface area contributed by atoms with Gasteiger partial charge in [-0.1, -0.05) is 36.9 Å². The predicted octanol–water partition coefficient (Wildman–Crippen LogP) is 5.85. The molecular weight excluding hydrogens is 288 g/mol. The minimum Gasteiger partial charge on any atom is -0.354 e. The lowest BCUT2D eigenvalue weighted by Gasteiger charge is -2.00. The summed E-state index contributed by atoms with van der Waals surface area (Å²) in [5.41, 5.74) is 4.36. The summed E-state index contributed by atoms with van der Waals surface area (Å²) in [6.45, 7) is 5.86. The molecule has 0 aliphatic rings. The lowest BCUT2D eigenvalue weighted by atomic mass is 10.1. The number of para-hydroxylation sites is 1. The molecule has 0 unspecified atom stereocenters. The van der Waals surface area contributed by atoms with Crippen LogP contribution < -0.4 is 0 Å². The maximum Gasteiger partial charge on any atom is 0.0651 e. The van der Waals surface area contributed by atoms with E-state index in [0.717, 1.165) is 27.2 Å². The summed E-state index contributed by atoms with van der Waals surface area (Å²) in [6, 6.07) is 14.6. The highest BCUT2D eigenvalue weighted by Crippen LogP contribution is 2.28. The van der Waals surface area contributed by atoms with Crippen molar-refractivity contribution < 1.29 is 0 Å². The summed E-state index contributed by atoms with van der Waals surface area (Å²) in [5, 5.41) is 2.48. The molecule has 0 saturated carbocycles. The monoisotopic (exact) mass is 306 g/mol. The van der Waals surface area contributed by atoms with Crippen LogP contribution in [0.1, 0.15) is 6.92 Å². The quantitative estimate of drug-likeness (QED) is 0.475. The summed E-state index contributed by atoms with van der Waals surface area (Å²) in [4.78, 5) is 9.17. The molecule has 0 spiro atoms. The molecule has 0 radical (unpaired) electrons. The van der Waals surface area contributed by atoms with Crippen LogP contribution >= 0.6 is 11.8 Å². The van der Waals surface area contributed by atoms with Gasteiger partial charge in [0.2, 0.25) is 0 Å². The number of thioether (sulfide) groups is 1. The number of nitrogens with zero attached hydrogens (tertiary/aromatic N) is 1. The van der Waals surface area contributed by atoms with Crippen LogP contribution in [0.4, 0.5) is 5.69 Å². The molecule has 0 aliphatic heterocycles. The van der Waals surface area contributed by atoms with Gasteiger partial charge in [-0.3, -0.25) is 4.99 Å². The number of aromatic nitrogens is 1. The molecule has 3 aromatic rings. The van der Waals surface area contributed by atoms with Crippen LogP contribution in [0.5, 0.6) is 0 Å². The Kier molecular flexibility index (Phi) is 4.16. The number of allylic oxidation sites excluding steroid dienone is 3. The van der Waals surface area contributed by atoms with Gasteiger partial charge in [0.25, 0.3) is 0 Å². The lowest BCUT2D eigenvalue weighted by Crippen LogP contribution is -1.82. The predicted molar refractivity (Wildman–Crippen MR) is 100 cm³/mol.